The van der Waals surface area contributed by atoms with Gasteiger partial charge >= 0.3 is 0 Å². The Morgan fingerprint density at radius 1 is 1.40 bits per heavy atom. The van der Waals surface area contributed by atoms with Crippen molar-refractivity contribution in [3.63, 3.8) is 0 Å². The second-order valence-corrected chi connectivity index (χ2v) is 4.48. The van der Waals surface area contributed by atoms with E-state index in [0.29, 0.717) is 18.4 Å². The van der Waals surface area contributed by atoms with Crippen molar-refractivity contribution in [3.8, 4) is 0 Å². The molecule has 0 saturated carbocycles. The maximum Gasteiger partial charge on any atom is 0.286 e. The van der Waals surface area contributed by atoms with Crippen molar-refractivity contribution in [1.29, 1.82) is 0 Å². The van der Waals surface area contributed by atoms with Crippen molar-refractivity contribution >= 4 is 0 Å². The fourth-order valence-electron chi connectivity index (χ4n) is 2.76. The maximum absolute atomic E-state index is 13.1. The van der Waals surface area contributed by atoms with Crippen molar-refractivity contribution in [3.05, 3.63) is 34.0 Å². The molecule has 2 unspecified atom stereocenters. The number of hydrogen-bond acceptors (Lipinski definition) is 2. The van der Waals surface area contributed by atoms with E-state index in [0.717, 1.165) is 25.2 Å². The average molecular weight is 208 g/mol. The van der Waals surface area contributed by atoms with Gasteiger partial charge in [0.25, 0.3) is 5.56 Å². The molecular formula is C11H13FN2O. The minimum absolute atomic E-state index is 0.380. The zero-order valence-electron chi connectivity index (χ0n) is 8.37. The highest BCUT2D eigenvalue weighted by Crippen LogP contribution is 2.31. The van der Waals surface area contributed by atoms with E-state index >= 15 is 0 Å². The smallest absolute Gasteiger partial charge is 0.286 e. The first kappa shape index (κ1) is 9.09. The summed E-state index contributed by atoms with van der Waals surface area (Å²) < 4.78 is 14.8. The third-order valence-corrected chi connectivity index (χ3v) is 3.46. The molecule has 0 aromatic carbocycles. The van der Waals surface area contributed by atoms with Crippen molar-refractivity contribution in [2.45, 2.75) is 18.9 Å². The van der Waals surface area contributed by atoms with Crippen LogP contribution in [0.2, 0.25) is 0 Å². The zero-order chi connectivity index (χ0) is 10.4. The predicted molar refractivity (Wildman–Crippen MR) is 54.4 cm³/mol. The lowest BCUT2D eigenvalue weighted by Gasteiger charge is -2.37. The summed E-state index contributed by atoms with van der Waals surface area (Å²) in [4.78, 5) is 11.6. The Morgan fingerprint density at radius 3 is 3.13 bits per heavy atom. The van der Waals surface area contributed by atoms with E-state index in [-0.39, 0.29) is 0 Å². The highest BCUT2D eigenvalue weighted by atomic mass is 19.1. The van der Waals surface area contributed by atoms with Crippen LogP contribution < -0.4 is 10.9 Å². The van der Waals surface area contributed by atoms with Crippen LogP contribution in [0.15, 0.2) is 16.9 Å². The van der Waals surface area contributed by atoms with Crippen LogP contribution >= 0.6 is 0 Å². The third kappa shape index (κ3) is 1.32. The number of rotatable bonds is 0. The SMILES string of the molecule is O=c1c(F)ccc2n1CC1CNCC2C1. The number of hydrogen-bond donors (Lipinski definition) is 1. The zero-order valence-corrected chi connectivity index (χ0v) is 8.37. The van der Waals surface area contributed by atoms with E-state index in [4.69, 9.17) is 0 Å². The van der Waals surface area contributed by atoms with Gasteiger partial charge in [-0.15, -0.1) is 0 Å². The molecule has 2 aliphatic rings. The molecule has 1 aromatic rings. The summed E-state index contributed by atoms with van der Waals surface area (Å²) in [7, 11) is 0. The minimum atomic E-state index is -0.633. The molecule has 0 aliphatic carbocycles. The predicted octanol–water partition coefficient (Wildman–Crippen LogP) is 0.694. The van der Waals surface area contributed by atoms with Gasteiger partial charge in [-0.25, -0.2) is 4.39 Å². The monoisotopic (exact) mass is 208 g/mol. The van der Waals surface area contributed by atoms with E-state index in [1.54, 1.807) is 10.6 Å². The molecule has 1 aromatic heterocycles. The number of pyridine rings is 1. The first-order chi connectivity index (χ1) is 7.25. The van der Waals surface area contributed by atoms with E-state index in [2.05, 4.69) is 5.32 Å². The lowest BCUT2D eigenvalue weighted by molar-refractivity contribution is 0.254. The number of halogens is 1. The van der Waals surface area contributed by atoms with Crippen LogP contribution in [-0.2, 0) is 6.54 Å². The summed E-state index contributed by atoms with van der Waals surface area (Å²) in [5, 5.41) is 3.35. The quantitative estimate of drug-likeness (QED) is 0.680. The molecule has 3 rings (SSSR count). The Hall–Kier alpha value is -1.16. The largest absolute Gasteiger partial charge is 0.316 e. The Kier molecular flexibility index (Phi) is 1.92. The highest BCUT2D eigenvalue weighted by molar-refractivity contribution is 5.17. The summed E-state index contributed by atoms with van der Waals surface area (Å²) in [6.45, 7) is 2.51. The molecule has 15 heavy (non-hydrogen) atoms. The Labute approximate surface area is 86.9 Å². The molecule has 80 valence electrons. The third-order valence-electron chi connectivity index (χ3n) is 3.46. The molecule has 3 heterocycles. The molecule has 3 nitrogen and oxygen atoms in total. The van der Waals surface area contributed by atoms with Crippen LogP contribution in [0.25, 0.3) is 0 Å². The lowest BCUT2D eigenvalue weighted by atomic mass is 9.84. The van der Waals surface area contributed by atoms with Crippen molar-refractivity contribution in [1.82, 2.24) is 9.88 Å². The van der Waals surface area contributed by atoms with Gasteiger partial charge in [-0.2, -0.15) is 0 Å². The second-order valence-electron chi connectivity index (χ2n) is 4.48. The second kappa shape index (κ2) is 3.17. The van der Waals surface area contributed by atoms with Gasteiger partial charge < -0.3 is 9.88 Å². The number of nitrogens with zero attached hydrogens (tertiary/aromatic N) is 1. The van der Waals surface area contributed by atoms with Gasteiger partial charge in [0.05, 0.1) is 0 Å². The fraction of sp³-hybridized carbons (Fsp3) is 0.545. The summed E-state index contributed by atoms with van der Waals surface area (Å²) in [5.74, 6) is 0.230. The van der Waals surface area contributed by atoms with Gasteiger partial charge in [0.2, 0.25) is 0 Å². The number of piperidine rings is 1. The molecule has 4 heteroatoms. The molecule has 0 radical (unpaired) electrons. The Bertz CT molecular complexity index is 454. The highest BCUT2D eigenvalue weighted by Gasteiger charge is 2.31. The Morgan fingerprint density at radius 2 is 2.27 bits per heavy atom. The van der Waals surface area contributed by atoms with Gasteiger partial charge in [-0.1, -0.05) is 0 Å². The van der Waals surface area contributed by atoms with Crippen molar-refractivity contribution in [2.24, 2.45) is 5.92 Å². The van der Waals surface area contributed by atoms with Crippen LogP contribution in [-0.4, -0.2) is 17.7 Å². The molecule has 0 spiro atoms. The Balaban J connectivity index is 2.17. The van der Waals surface area contributed by atoms with Crippen LogP contribution in [0.5, 0.6) is 0 Å². The number of fused-ring (bicyclic) bond motifs is 4. The van der Waals surface area contributed by atoms with Crippen LogP contribution in [0, 0.1) is 11.7 Å². The molecule has 1 saturated heterocycles. The first-order valence-corrected chi connectivity index (χ1v) is 5.35. The standard InChI is InChI=1S/C11H13FN2O/c12-9-1-2-10-8-3-7(4-13-5-8)6-14(10)11(9)15/h1-2,7-8,13H,3-6H2. The van der Waals surface area contributed by atoms with Gasteiger partial charge in [-0.05, 0) is 31.0 Å². The van der Waals surface area contributed by atoms with Crippen molar-refractivity contribution in [2.75, 3.05) is 13.1 Å². The topological polar surface area (TPSA) is 34.0 Å². The summed E-state index contributed by atoms with van der Waals surface area (Å²) in [6.07, 6.45) is 1.12. The van der Waals surface area contributed by atoms with Gasteiger partial charge in [0.15, 0.2) is 5.82 Å². The van der Waals surface area contributed by atoms with Crippen molar-refractivity contribution < 1.29 is 4.39 Å². The van der Waals surface area contributed by atoms with Crippen LogP contribution in [0.1, 0.15) is 18.0 Å². The molecule has 1 fully saturated rings. The van der Waals surface area contributed by atoms with Crippen LogP contribution in [0.4, 0.5) is 4.39 Å². The maximum atomic E-state index is 13.1. The minimum Gasteiger partial charge on any atom is -0.316 e. The van der Waals surface area contributed by atoms with E-state index in [1.165, 1.54) is 6.07 Å². The molecule has 0 amide bonds. The molecule has 2 aliphatic heterocycles. The normalized spacial score (nSPS) is 28.6. The van der Waals surface area contributed by atoms with E-state index < -0.39 is 11.4 Å². The fourth-order valence-corrected chi connectivity index (χ4v) is 2.76. The number of aromatic nitrogens is 1. The van der Waals surface area contributed by atoms with E-state index in [1.807, 2.05) is 0 Å². The van der Waals surface area contributed by atoms with E-state index in [9.17, 15) is 9.18 Å². The summed E-state index contributed by atoms with van der Waals surface area (Å²) >= 11 is 0. The van der Waals surface area contributed by atoms with Gasteiger partial charge in [-0.3, -0.25) is 4.79 Å². The molecule has 2 atom stereocenters. The lowest BCUT2D eigenvalue weighted by Crippen LogP contribution is -2.45. The van der Waals surface area contributed by atoms with Gasteiger partial charge in [0, 0.05) is 24.7 Å². The molecule has 1 N–H and O–H groups in total. The first-order valence-electron chi connectivity index (χ1n) is 5.35. The number of nitrogens with one attached hydrogen (secondary N) is 1. The van der Waals surface area contributed by atoms with Gasteiger partial charge in [0.1, 0.15) is 0 Å². The molecule has 2 bridgehead atoms. The summed E-state index contributed by atoms with van der Waals surface area (Å²) in [5.41, 5.74) is 0.536. The van der Waals surface area contributed by atoms with Crippen LogP contribution in [0.3, 0.4) is 0 Å². The molecular weight excluding hydrogens is 195 g/mol. The average Bonchev–Trinajstić information content (AvgIpc) is 2.25. The summed E-state index contributed by atoms with van der Waals surface area (Å²) in [6, 6.07) is 3.05.